The third-order valence-corrected chi connectivity index (χ3v) is 4.01. The number of rotatable bonds is 4. The van der Waals surface area contributed by atoms with Gasteiger partial charge in [-0.1, -0.05) is 13.8 Å². The molecule has 2 nitrogen and oxygen atoms in total. The van der Waals surface area contributed by atoms with Crippen molar-refractivity contribution in [3.8, 4) is 0 Å². The van der Waals surface area contributed by atoms with E-state index in [1.54, 1.807) is 0 Å². The van der Waals surface area contributed by atoms with Crippen LogP contribution in [-0.2, 0) is 0 Å². The van der Waals surface area contributed by atoms with Crippen molar-refractivity contribution in [1.82, 2.24) is 4.90 Å². The molecule has 0 spiro atoms. The maximum absolute atomic E-state index is 10.0. The van der Waals surface area contributed by atoms with Crippen molar-refractivity contribution in [3.05, 3.63) is 0 Å². The minimum atomic E-state index is -0.0759. The van der Waals surface area contributed by atoms with Crippen molar-refractivity contribution >= 4 is 0 Å². The highest BCUT2D eigenvalue weighted by Gasteiger charge is 2.30. The Labute approximate surface area is 93.7 Å². The lowest BCUT2D eigenvalue weighted by atomic mass is 9.86. The summed E-state index contributed by atoms with van der Waals surface area (Å²) >= 11 is 0. The van der Waals surface area contributed by atoms with Crippen LogP contribution in [0, 0.1) is 17.8 Å². The van der Waals surface area contributed by atoms with E-state index in [1.807, 2.05) is 0 Å². The van der Waals surface area contributed by atoms with Gasteiger partial charge >= 0.3 is 0 Å². The Morgan fingerprint density at radius 3 is 2.20 bits per heavy atom. The molecule has 1 saturated carbocycles. The predicted molar refractivity (Wildman–Crippen MR) is 62.7 cm³/mol. The van der Waals surface area contributed by atoms with Crippen LogP contribution >= 0.6 is 0 Å². The standard InChI is InChI=1S/C13H25NO/c1-10(2)13(15)12-5-7-14(8-6-12)9-11-3-4-11/h10-13,15H,3-9H2,1-2H3. The van der Waals surface area contributed by atoms with Gasteiger partial charge in [0, 0.05) is 6.54 Å². The van der Waals surface area contributed by atoms with E-state index >= 15 is 0 Å². The fourth-order valence-electron chi connectivity index (χ4n) is 2.69. The van der Waals surface area contributed by atoms with Crippen LogP contribution < -0.4 is 0 Å². The van der Waals surface area contributed by atoms with Crippen molar-refractivity contribution in [2.45, 2.75) is 45.6 Å². The molecular weight excluding hydrogens is 186 g/mol. The minimum absolute atomic E-state index is 0.0759. The van der Waals surface area contributed by atoms with Gasteiger partial charge in [-0.2, -0.15) is 0 Å². The van der Waals surface area contributed by atoms with Gasteiger partial charge in [-0.15, -0.1) is 0 Å². The average Bonchev–Trinajstić information content (AvgIpc) is 3.02. The number of hydrogen-bond acceptors (Lipinski definition) is 2. The van der Waals surface area contributed by atoms with Gasteiger partial charge < -0.3 is 10.0 Å². The normalized spacial score (nSPS) is 27.2. The van der Waals surface area contributed by atoms with Crippen molar-refractivity contribution in [1.29, 1.82) is 0 Å². The van der Waals surface area contributed by atoms with Gasteiger partial charge in [0.05, 0.1) is 6.10 Å². The Balaban J connectivity index is 1.70. The van der Waals surface area contributed by atoms with Crippen LogP contribution in [0.5, 0.6) is 0 Å². The summed E-state index contributed by atoms with van der Waals surface area (Å²) in [5, 5.41) is 10.0. The van der Waals surface area contributed by atoms with E-state index in [-0.39, 0.29) is 6.10 Å². The third kappa shape index (κ3) is 3.18. The molecule has 2 heteroatoms. The predicted octanol–water partition coefficient (Wildman–Crippen LogP) is 2.13. The van der Waals surface area contributed by atoms with Crippen LogP contribution in [0.15, 0.2) is 0 Å². The molecular formula is C13H25NO. The maximum Gasteiger partial charge on any atom is 0.0592 e. The number of nitrogens with zero attached hydrogens (tertiary/aromatic N) is 1. The molecule has 0 aromatic rings. The highest BCUT2D eigenvalue weighted by molar-refractivity contribution is 4.83. The maximum atomic E-state index is 10.0. The molecule has 1 aliphatic carbocycles. The summed E-state index contributed by atoms with van der Waals surface area (Å²) < 4.78 is 0. The van der Waals surface area contributed by atoms with E-state index in [0.717, 1.165) is 5.92 Å². The Morgan fingerprint density at radius 1 is 1.13 bits per heavy atom. The highest BCUT2D eigenvalue weighted by atomic mass is 16.3. The average molecular weight is 211 g/mol. The summed E-state index contributed by atoms with van der Waals surface area (Å²) in [7, 11) is 0. The molecule has 2 rings (SSSR count). The lowest BCUT2D eigenvalue weighted by Gasteiger charge is -2.35. The SMILES string of the molecule is CC(C)C(O)C1CCN(CC2CC2)CC1. The summed E-state index contributed by atoms with van der Waals surface area (Å²) in [5.41, 5.74) is 0. The van der Waals surface area contributed by atoms with Gasteiger partial charge in [0.25, 0.3) is 0 Å². The molecule has 2 fully saturated rings. The molecule has 0 aromatic carbocycles. The quantitative estimate of drug-likeness (QED) is 0.770. The van der Waals surface area contributed by atoms with Crippen molar-refractivity contribution in [3.63, 3.8) is 0 Å². The van der Waals surface area contributed by atoms with Crippen LogP contribution in [0.4, 0.5) is 0 Å². The molecule has 0 bridgehead atoms. The Kier molecular flexibility index (Phi) is 3.68. The van der Waals surface area contributed by atoms with Gasteiger partial charge in [0.15, 0.2) is 0 Å². The molecule has 0 radical (unpaired) electrons. The van der Waals surface area contributed by atoms with Crippen LogP contribution in [0.1, 0.15) is 39.5 Å². The van der Waals surface area contributed by atoms with Gasteiger partial charge in [-0.25, -0.2) is 0 Å². The largest absolute Gasteiger partial charge is 0.393 e. The molecule has 0 amide bonds. The second-order valence-corrected chi connectivity index (χ2v) is 5.82. The molecule has 15 heavy (non-hydrogen) atoms. The van der Waals surface area contributed by atoms with Crippen molar-refractivity contribution in [2.24, 2.45) is 17.8 Å². The molecule has 1 aliphatic heterocycles. The van der Waals surface area contributed by atoms with Crippen LogP contribution in [0.2, 0.25) is 0 Å². The number of aliphatic hydroxyl groups excluding tert-OH is 1. The van der Waals surface area contributed by atoms with E-state index in [9.17, 15) is 5.11 Å². The first kappa shape index (κ1) is 11.4. The molecule has 1 atom stereocenters. The fourth-order valence-corrected chi connectivity index (χ4v) is 2.69. The summed E-state index contributed by atoms with van der Waals surface area (Å²) in [6, 6.07) is 0. The van der Waals surface area contributed by atoms with Crippen LogP contribution in [0.3, 0.4) is 0 Å². The Bertz CT molecular complexity index is 193. The lowest BCUT2D eigenvalue weighted by molar-refractivity contribution is 0.0276. The Hall–Kier alpha value is -0.0800. The zero-order valence-electron chi connectivity index (χ0n) is 10.2. The summed E-state index contributed by atoms with van der Waals surface area (Å²) in [4.78, 5) is 2.60. The van der Waals surface area contributed by atoms with Gasteiger partial charge in [0.1, 0.15) is 0 Å². The summed E-state index contributed by atoms with van der Waals surface area (Å²) in [6.45, 7) is 8.00. The first-order valence-corrected chi connectivity index (χ1v) is 6.57. The van der Waals surface area contributed by atoms with E-state index in [4.69, 9.17) is 0 Å². The molecule has 88 valence electrons. The smallest absolute Gasteiger partial charge is 0.0592 e. The van der Waals surface area contributed by atoms with E-state index in [2.05, 4.69) is 18.7 Å². The molecule has 0 aromatic heterocycles. The number of piperidine rings is 1. The first-order valence-electron chi connectivity index (χ1n) is 6.57. The second kappa shape index (κ2) is 4.84. The number of hydrogen-bond donors (Lipinski definition) is 1. The topological polar surface area (TPSA) is 23.5 Å². The fraction of sp³-hybridized carbons (Fsp3) is 1.00. The van der Waals surface area contributed by atoms with E-state index in [0.29, 0.717) is 11.8 Å². The number of aliphatic hydroxyl groups is 1. The van der Waals surface area contributed by atoms with Crippen LogP contribution in [0.25, 0.3) is 0 Å². The van der Waals surface area contributed by atoms with E-state index < -0.39 is 0 Å². The molecule has 1 saturated heterocycles. The first-order chi connectivity index (χ1) is 7.16. The zero-order chi connectivity index (χ0) is 10.8. The number of likely N-dealkylation sites (tertiary alicyclic amines) is 1. The highest BCUT2D eigenvalue weighted by Crippen LogP contribution is 2.32. The van der Waals surface area contributed by atoms with Gasteiger partial charge in [-0.05, 0) is 56.5 Å². The lowest BCUT2D eigenvalue weighted by Crippen LogP contribution is -2.40. The van der Waals surface area contributed by atoms with Gasteiger partial charge in [0.2, 0.25) is 0 Å². The molecule has 1 unspecified atom stereocenters. The van der Waals surface area contributed by atoms with Crippen LogP contribution in [-0.4, -0.2) is 35.7 Å². The Morgan fingerprint density at radius 2 is 1.73 bits per heavy atom. The minimum Gasteiger partial charge on any atom is -0.393 e. The third-order valence-electron chi connectivity index (χ3n) is 4.01. The molecule has 2 aliphatic rings. The zero-order valence-corrected chi connectivity index (χ0v) is 10.2. The molecule has 1 N–H and O–H groups in total. The van der Waals surface area contributed by atoms with Crippen molar-refractivity contribution < 1.29 is 5.11 Å². The van der Waals surface area contributed by atoms with E-state index in [1.165, 1.54) is 45.3 Å². The summed E-state index contributed by atoms with van der Waals surface area (Å²) in [5.74, 6) is 1.99. The second-order valence-electron chi connectivity index (χ2n) is 5.82. The molecule has 1 heterocycles. The van der Waals surface area contributed by atoms with Crippen molar-refractivity contribution in [2.75, 3.05) is 19.6 Å². The monoisotopic (exact) mass is 211 g/mol. The summed E-state index contributed by atoms with van der Waals surface area (Å²) in [6.07, 6.45) is 5.23. The van der Waals surface area contributed by atoms with Gasteiger partial charge in [-0.3, -0.25) is 0 Å².